The number of hydrogen-bond acceptors (Lipinski definition) is 3. The van der Waals surface area contributed by atoms with E-state index in [0.29, 0.717) is 0 Å². The molecule has 1 N–H and O–H groups in total. The molecule has 1 unspecified atom stereocenters. The second-order valence-corrected chi connectivity index (χ2v) is 6.16. The molecule has 2 aliphatic rings. The largest absolute Gasteiger partial charge is 0.492 e. The van der Waals surface area contributed by atoms with E-state index in [0.717, 1.165) is 25.3 Å². The zero-order valence-corrected chi connectivity index (χ0v) is 12.0. The van der Waals surface area contributed by atoms with Gasteiger partial charge in [-0.2, -0.15) is 0 Å². The topological polar surface area (TPSA) is 24.5 Å². The first-order valence-corrected chi connectivity index (χ1v) is 7.38. The fourth-order valence-corrected chi connectivity index (χ4v) is 3.10. The number of likely N-dealkylation sites (N-methyl/N-ethyl adjacent to an activating group) is 1. The van der Waals surface area contributed by atoms with Crippen LogP contribution in [0.1, 0.15) is 31.7 Å². The third-order valence-electron chi connectivity index (χ3n) is 4.72. The van der Waals surface area contributed by atoms with E-state index in [1.165, 1.54) is 37.1 Å². The highest BCUT2D eigenvalue weighted by Crippen LogP contribution is 2.30. The van der Waals surface area contributed by atoms with Crippen molar-refractivity contribution in [1.29, 1.82) is 0 Å². The van der Waals surface area contributed by atoms with Crippen LogP contribution < -0.4 is 10.1 Å². The van der Waals surface area contributed by atoms with Gasteiger partial charge in [0.1, 0.15) is 12.4 Å². The van der Waals surface area contributed by atoms with Gasteiger partial charge in [0, 0.05) is 18.3 Å². The minimum atomic E-state index is 0.185. The monoisotopic (exact) mass is 260 g/mol. The number of nitrogens with one attached hydrogen (secondary N) is 1. The Morgan fingerprint density at radius 3 is 3.11 bits per heavy atom. The molecule has 0 spiro atoms. The number of benzene rings is 1. The van der Waals surface area contributed by atoms with Gasteiger partial charge in [-0.05, 0) is 51.4 Å². The van der Waals surface area contributed by atoms with Crippen LogP contribution in [0.15, 0.2) is 18.2 Å². The number of hydrogen-bond donors (Lipinski definition) is 1. The predicted molar refractivity (Wildman–Crippen MR) is 79.0 cm³/mol. The van der Waals surface area contributed by atoms with Gasteiger partial charge in [-0.1, -0.05) is 12.5 Å². The van der Waals surface area contributed by atoms with Crippen LogP contribution in [0.5, 0.6) is 5.75 Å². The summed E-state index contributed by atoms with van der Waals surface area (Å²) < 4.78 is 6.06. The van der Waals surface area contributed by atoms with Crippen molar-refractivity contribution >= 4 is 5.69 Å². The highest BCUT2D eigenvalue weighted by Gasteiger charge is 2.32. The highest BCUT2D eigenvalue weighted by molar-refractivity contribution is 5.58. The van der Waals surface area contributed by atoms with Gasteiger partial charge in [-0.25, -0.2) is 0 Å². The van der Waals surface area contributed by atoms with E-state index in [4.69, 9.17) is 4.74 Å². The molecule has 0 bridgehead atoms. The van der Waals surface area contributed by atoms with Gasteiger partial charge in [-0.3, -0.25) is 4.90 Å². The molecule has 0 saturated carbocycles. The molecule has 3 nitrogen and oxygen atoms in total. The Hall–Kier alpha value is -1.22. The molecule has 1 aromatic carbocycles. The summed E-state index contributed by atoms with van der Waals surface area (Å²) in [4.78, 5) is 2.45. The maximum absolute atomic E-state index is 6.06. The van der Waals surface area contributed by atoms with Crippen molar-refractivity contribution in [3.63, 3.8) is 0 Å². The fourth-order valence-electron chi connectivity index (χ4n) is 3.10. The minimum Gasteiger partial charge on any atom is -0.492 e. The number of anilines is 1. The van der Waals surface area contributed by atoms with Crippen LogP contribution in [0.2, 0.25) is 0 Å². The van der Waals surface area contributed by atoms with Crippen LogP contribution in [-0.2, 0) is 6.42 Å². The second kappa shape index (κ2) is 5.04. The second-order valence-electron chi connectivity index (χ2n) is 6.16. The van der Waals surface area contributed by atoms with Crippen molar-refractivity contribution in [2.75, 3.05) is 32.1 Å². The summed E-state index contributed by atoms with van der Waals surface area (Å²) in [5.74, 6) is 0.994. The lowest BCUT2D eigenvalue weighted by Gasteiger charge is -2.42. The van der Waals surface area contributed by atoms with Crippen molar-refractivity contribution in [1.82, 2.24) is 4.90 Å². The van der Waals surface area contributed by atoms with Gasteiger partial charge >= 0.3 is 0 Å². The van der Waals surface area contributed by atoms with Crippen molar-refractivity contribution in [3.05, 3.63) is 23.8 Å². The molecule has 3 rings (SSSR count). The molecular formula is C16H24N2O. The lowest BCUT2D eigenvalue weighted by Crippen LogP contribution is -2.51. The number of fused-ring (bicyclic) bond motifs is 1. The molecule has 0 amide bonds. The number of ether oxygens (including phenoxy) is 1. The highest BCUT2D eigenvalue weighted by atomic mass is 16.5. The molecule has 1 fully saturated rings. The Balaban J connectivity index is 1.65. The zero-order valence-electron chi connectivity index (χ0n) is 12.0. The quantitative estimate of drug-likeness (QED) is 0.904. The van der Waals surface area contributed by atoms with Crippen LogP contribution in [0.25, 0.3) is 0 Å². The van der Waals surface area contributed by atoms with E-state index in [2.05, 4.69) is 42.4 Å². The summed E-state index contributed by atoms with van der Waals surface area (Å²) in [5, 5.41) is 3.41. The summed E-state index contributed by atoms with van der Waals surface area (Å²) in [6.07, 6.45) is 4.99. The molecule has 104 valence electrons. The smallest absolute Gasteiger partial charge is 0.121 e. The van der Waals surface area contributed by atoms with Gasteiger partial charge in [-0.15, -0.1) is 0 Å². The van der Waals surface area contributed by atoms with Crippen LogP contribution in [0.3, 0.4) is 0 Å². The lowest BCUT2D eigenvalue weighted by atomic mass is 9.90. The molecule has 1 saturated heterocycles. The first kappa shape index (κ1) is 12.8. The Morgan fingerprint density at radius 1 is 1.37 bits per heavy atom. The molecule has 2 aliphatic heterocycles. The summed E-state index contributed by atoms with van der Waals surface area (Å²) in [7, 11) is 2.22. The summed E-state index contributed by atoms with van der Waals surface area (Å²) >= 11 is 0. The SMILES string of the molecule is CN1CCCCC1(C)COc1ccc2c(c1)NCC2. The van der Waals surface area contributed by atoms with E-state index in [9.17, 15) is 0 Å². The van der Waals surface area contributed by atoms with Crippen molar-refractivity contribution in [2.24, 2.45) is 0 Å². The van der Waals surface area contributed by atoms with E-state index < -0.39 is 0 Å². The first-order chi connectivity index (χ1) is 9.17. The average molecular weight is 260 g/mol. The summed E-state index contributed by atoms with van der Waals surface area (Å²) in [6, 6.07) is 6.45. The fraction of sp³-hybridized carbons (Fsp3) is 0.625. The van der Waals surface area contributed by atoms with Crippen LogP contribution in [0.4, 0.5) is 5.69 Å². The summed E-state index contributed by atoms with van der Waals surface area (Å²) in [5.41, 5.74) is 2.85. The third-order valence-corrected chi connectivity index (χ3v) is 4.72. The number of nitrogens with zero attached hydrogens (tertiary/aromatic N) is 1. The number of likely N-dealkylation sites (tertiary alicyclic amines) is 1. The predicted octanol–water partition coefficient (Wildman–Crippen LogP) is 2.91. The number of rotatable bonds is 3. The molecule has 1 atom stereocenters. The van der Waals surface area contributed by atoms with E-state index in [1.807, 2.05) is 0 Å². The maximum Gasteiger partial charge on any atom is 0.121 e. The molecule has 3 heteroatoms. The average Bonchev–Trinajstić information content (AvgIpc) is 2.88. The van der Waals surface area contributed by atoms with Crippen molar-refractivity contribution in [2.45, 2.75) is 38.1 Å². The molecule has 2 heterocycles. The van der Waals surface area contributed by atoms with E-state index in [1.54, 1.807) is 0 Å². The lowest BCUT2D eigenvalue weighted by molar-refractivity contribution is 0.0421. The standard InChI is InChI=1S/C16H24N2O/c1-16(8-3-4-10-18(16)2)12-19-14-6-5-13-7-9-17-15(13)11-14/h5-6,11,17H,3-4,7-10,12H2,1-2H3. The van der Waals surface area contributed by atoms with Gasteiger partial charge in [0.05, 0.1) is 5.54 Å². The van der Waals surface area contributed by atoms with E-state index >= 15 is 0 Å². The molecule has 0 aromatic heterocycles. The van der Waals surface area contributed by atoms with Crippen LogP contribution in [-0.4, -0.2) is 37.2 Å². The maximum atomic E-state index is 6.06. The van der Waals surface area contributed by atoms with Crippen molar-refractivity contribution in [3.8, 4) is 5.75 Å². The van der Waals surface area contributed by atoms with Gasteiger partial charge < -0.3 is 10.1 Å². The van der Waals surface area contributed by atoms with Gasteiger partial charge in [0.2, 0.25) is 0 Å². The first-order valence-electron chi connectivity index (χ1n) is 7.38. The Labute approximate surface area is 115 Å². The molecule has 0 radical (unpaired) electrons. The Morgan fingerprint density at radius 2 is 2.26 bits per heavy atom. The van der Waals surface area contributed by atoms with Crippen molar-refractivity contribution < 1.29 is 4.74 Å². The van der Waals surface area contributed by atoms with E-state index in [-0.39, 0.29) is 5.54 Å². The minimum absolute atomic E-state index is 0.185. The zero-order chi connectivity index (χ0) is 13.3. The summed E-state index contributed by atoms with van der Waals surface area (Å²) in [6.45, 7) is 5.34. The normalized spacial score (nSPS) is 26.8. The van der Waals surface area contributed by atoms with Gasteiger partial charge in [0.25, 0.3) is 0 Å². The van der Waals surface area contributed by atoms with Crippen LogP contribution in [0, 0.1) is 0 Å². The Bertz CT molecular complexity index is 460. The Kier molecular flexibility index (Phi) is 3.40. The third kappa shape index (κ3) is 2.57. The molecule has 1 aromatic rings. The van der Waals surface area contributed by atoms with Crippen LogP contribution >= 0.6 is 0 Å². The number of piperidine rings is 1. The van der Waals surface area contributed by atoms with Gasteiger partial charge in [0.15, 0.2) is 0 Å². The molecule has 19 heavy (non-hydrogen) atoms. The molecule has 0 aliphatic carbocycles. The molecular weight excluding hydrogens is 236 g/mol.